The molecular formula is C43H37N. The summed E-state index contributed by atoms with van der Waals surface area (Å²) >= 11 is 0. The first-order valence-electron chi connectivity index (χ1n) is 15.7. The lowest BCUT2D eigenvalue weighted by Gasteiger charge is -2.37. The molecule has 0 aromatic heterocycles. The highest BCUT2D eigenvalue weighted by Crippen LogP contribution is 2.64. The molecule has 1 heteroatoms. The van der Waals surface area contributed by atoms with Crippen LogP contribution in [0.5, 0.6) is 0 Å². The molecule has 6 aromatic carbocycles. The Kier molecular flexibility index (Phi) is 5.81. The normalized spacial score (nSPS) is 14.8. The molecule has 0 fully saturated rings. The van der Waals surface area contributed by atoms with Crippen molar-refractivity contribution in [3.05, 3.63) is 184 Å². The van der Waals surface area contributed by atoms with Crippen LogP contribution in [-0.4, -0.2) is 0 Å². The van der Waals surface area contributed by atoms with Gasteiger partial charge in [0, 0.05) is 22.5 Å². The summed E-state index contributed by atoms with van der Waals surface area (Å²) in [7, 11) is 0. The van der Waals surface area contributed by atoms with Gasteiger partial charge in [0.05, 0.1) is 5.41 Å². The van der Waals surface area contributed by atoms with E-state index in [1.54, 1.807) is 0 Å². The molecule has 0 bridgehead atoms. The van der Waals surface area contributed by atoms with E-state index in [4.69, 9.17) is 0 Å². The molecule has 0 radical (unpaired) electrons. The topological polar surface area (TPSA) is 3.24 Å². The zero-order chi connectivity index (χ0) is 30.2. The zero-order valence-electron chi connectivity index (χ0n) is 26.1. The first-order chi connectivity index (χ1) is 21.3. The molecule has 0 saturated heterocycles. The molecule has 44 heavy (non-hydrogen) atoms. The van der Waals surface area contributed by atoms with Crippen LogP contribution in [0.25, 0.3) is 11.1 Å². The molecule has 0 heterocycles. The minimum atomic E-state index is -0.404. The SMILES string of the molecule is Cc1ccc(C2(c3ccc(N(c4ccccc4)c4ccccc4)cc3)c3cc(C)cc4c3-c3c(cc(C)cc32)C4(C)C)cc1. The zero-order valence-corrected chi connectivity index (χ0v) is 26.1. The fourth-order valence-corrected chi connectivity index (χ4v) is 8.03. The maximum absolute atomic E-state index is 2.47. The van der Waals surface area contributed by atoms with E-state index < -0.39 is 5.41 Å². The molecule has 0 atom stereocenters. The van der Waals surface area contributed by atoms with Crippen LogP contribution in [0.1, 0.15) is 63.9 Å². The number of aryl methyl sites for hydroxylation is 3. The molecule has 8 rings (SSSR count). The Hall–Kier alpha value is -4.88. The van der Waals surface area contributed by atoms with E-state index in [2.05, 4.69) is 173 Å². The van der Waals surface area contributed by atoms with Crippen molar-refractivity contribution >= 4 is 17.1 Å². The van der Waals surface area contributed by atoms with Crippen LogP contribution < -0.4 is 4.90 Å². The monoisotopic (exact) mass is 567 g/mol. The van der Waals surface area contributed by atoms with Crippen LogP contribution >= 0.6 is 0 Å². The van der Waals surface area contributed by atoms with Gasteiger partial charge in [-0.15, -0.1) is 0 Å². The summed E-state index contributed by atoms with van der Waals surface area (Å²) in [6, 6.07) is 49.8. The third-order valence-corrected chi connectivity index (χ3v) is 10.0. The molecule has 2 aliphatic rings. The highest BCUT2D eigenvalue weighted by atomic mass is 15.1. The van der Waals surface area contributed by atoms with E-state index in [-0.39, 0.29) is 5.41 Å². The van der Waals surface area contributed by atoms with Gasteiger partial charge in [-0.2, -0.15) is 0 Å². The van der Waals surface area contributed by atoms with Crippen molar-refractivity contribution in [2.24, 2.45) is 0 Å². The van der Waals surface area contributed by atoms with Crippen LogP contribution in [0.3, 0.4) is 0 Å². The molecule has 0 spiro atoms. The third-order valence-electron chi connectivity index (χ3n) is 10.0. The average Bonchev–Trinajstić information content (AvgIpc) is 3.44. The van der Waals surface area contributed by atoms with Crippen molar-refractivity contribution in [2.75, 3.05) is 4.90 Å². The second kappa shape index (κ2) is 9.56. The van der Waals surface area contributed by atoms with Crippen LogP contribution in [0.15, 0.2) is 133 Å². The van der Waals surface area contributed by atoms with Crippen molar-refractivity contribution in [3.8, 4) is 11.1 Å². The molecule has 2 aliphatic carbocycles. The van der Waals surface area contributed by atoms with E-state index in [0.29, 0.717) is 0 Å². The van der Waals surface area contributed by atoms with Gasteiger partial charge >= 0.3 is 0 Å². The Labute approximate surface area is 261 Å². The van der Waals surface area contributed by atoms with Gasteiger partial charge in [-0.1, -0.05) is 128 Å². The Morgan fingerprint density at radius 1 is 0.409 bits per heavy atom. The molecule has 0 saturated carbocycles. The van der Waals surface area contributed by atoms with Gasteiger partial charge in [0.1, 0.15) is 0 Å². The van der Waals surface area contributed by atoms with E-state index in [1.165, 1.54) is 61.2 Å². The van der Waals surface area contributed by atoms with E-state index in [9.17, 15) is 0 Å². The number of benzene rings is 6. The molecule has 6 aromatic rings. The van der Waals surface area contributed by atoms with Gasteiger partial charge < -0.3 is 4.90 Å². The number of hydrogen-bond donors (Lipinski definition) is 0. The number of anilines is 3. The predicted molar refractivity (Wildman–Crippen MR) is 185 cm³/mol. The van der Waals surface area contributed by atoms with Crippen LogP contribution in [-0.2, 0) is 10.8 Å². The number of hydrogen-bond acceptors (Lipinski definition) is 1. The van der Waals surface area contributed by atoms with Gasteiger partial charge in [-0.05, 0) is 102 Å². The van der Waals surface area contributed by atoms with Gasteiger partial charge in [0.2, 0.25) is 0 Å². The summed E-state index contributed by atoms with van der Waals surface area (Å²) in [5.74, 6) is 0. The van der Waals surface area contributed by atoms with Crippen molar-refractivity contribution in [3.63, 3.8) is 0 Å². The third kappa shape index (κ3) is 3.65. The quantitative estimate of drug-likeness (QED) is 0.200. The Bertz CT molecular complexity index is 1930. The molecule has 0 N–H and O–H groups in total. The fraction of sp³-hybridized carbons (Fsp3) is 0.163. The summed E-state index contributed by atoms with van der Waals surface area (Å²) in [5.41, 5.74) is 18.2. The minimum Gasteiger partial charge on any atom is -0.311 e. The lowest BCUT2D eigenvalue weighted by atomic mass is 9.65. The summed E-state index contributed by atoms with van der Waals surface area (Å²) in [6.07, 6.45) is 0. The smallest absolute Gasteiger partial charge is 0.0714 e. The van der Waals surface area contributed by atoms with Crippen molar-refractivity contribution in [1.29, 1.82) is 0 Å². The van der Waals surface area contributed by atoms with E-state index in [1.807, 2.05) is 0 Å². The van der Waals surface area contributed by atoms with Gasteiger partial charge in [-0.25, -0.2) is 0 Å². The van der Waals surface area contributed by atoms with E-state index in [0.717, 1.165) is 17.1 Å². The fourth-order valence-electron chi connectivity index (χ4n) is 8.03. The van der Waals surface area contributed by atoms with E-state index >= 15 is 0 Å². The highest BCUT2D eigenvalue weighted by molar-refractivity contribution is 5.95. The second-order valence-corrected chi connectivity index (χ2v) is 13.3. The average molecular weight is 568 g/mol. The summed E-state index contributed by atoms with van der Waals surface area (Å²) in [6.45, 7) is 11.5. The molecule has 1 nitrogen and oxygen atoms in total. The number of rotatable bonds is 5. The minimum absolute atomic E-state index is 0.0264. The Balaban J connectivity index is 1.41. The second-order valence-electron chi connectivity index (χ2n) is 13.3. The molecule has 0 amide bonds. The first-order valence-corrected chi connectivity index (χ1v) is 15.7. The van der Waals surface area contributed by atoms with Gasteiger partial charge in [-0.3, -0.25) is 0 Å². The standard InChI is InChI=1S/C43H37N/c1-28-16-18-31(19-17-28)43(38-26-29(2)24-36-40(38)41-37(42(36,4)5)25-30(3)27-39(41)43)32-20-22-35(23-21-32)44(33-12-8-6-9-13-33)34-14-10-7-11-15-34/h6-27H,1-5H3. The van der Waals surface area contributed by atoms with Crippen LogP contribution in [0.4, 0.5) is 17.1 Å². The molecule has 0 aliphatic heterocycles. The number of para-hydroxylation sites is 2. The van der Waals surface area contributed by atoms with Crippen molar-refractivity contribution in [2.45, 2.75) is 45.4 Å². The Morgan fingerprint density at radius 3 is 1.25 bits per heavy atom. The predicted octanol–water partition coefficient (Wildman–Crippen LogP) is 11.1. The van der Waals surface area contributed by atoms with Gasteiger partial charge in [0.15, 0.2) is 0 Å². The Morgan fingerprint density at radius 2 is 0.795 bits per heavy atom. The molecule has 214 valence electrons. The number of nitrogens with zero attached hydrogens (tertiary/aromatic N) is 1. The molecule has 0 unspecified atom stereocenters. The lowest BCUT2D eigenvalue weighted by molar-refractivity contribution is 0.650. The largest absolute Gasteiger partial charge is 0.311 e. The van der Waals surface area contributed by atoms with Crippen molar-refractivity contribution < 1.29 is 0 Å². The highest BCUT2D eigenvalue weighted by Gasteiger charge is 2.53. The summed E-state index contributed by atoms with van der Waals surface area (Å²) < 4.78 is 0. The molecular weight excluding hydrogens is 530 g/mol. The van der Waals surface area contributed by atoms with Crippen LogP contribution in [0.2, 0.25) is 0 Å². The lowest BCUT2D eigenvalue weighted by Crippen LogP contribution is -2.30. The summed E-state index contributed by atoms with van der Waals surface area (Å²) in [5, 5.41) is 0. The maximum atomic E-state index is 2.47. The maximum Gasteiger partial charge on any atom is 0.0714 e. The first kappa shape index (κ1) is 26.7. The van der Waals surface area contributed by atoms with Crippen LogP contribution in [0, 0.1) is 20.8 Å². The van der Waals surface area contributed by atoms with Gasteiger partial charge in [0.25, 0.3) is 0 Å². The van der Waals surface area contributed by atoms with Crippen molar-refractivity contribution in [1.82, 2.24) is 0 Å². The summed E-state index contributed by atoms with van der Waals surface area (Å²) in [4.78, 5) is 2.34.